The van der Waals surface area contributed by atoms with E-state index < -0.39 is 0 Å². The molecule has 1 aliphatic rings. The molecule has 1 saturated heterocycles. The average molecular weight is 331 g/mol. The van der Waals surface area contributed by atoms with Gasteiger partial charge in [0.05, 0.1) is 5.75 Å². The number of hydrogen-bond donors (Lipinski definition) is 2. The van der Waals surface area contributed by atoms with Gasteiger partial charge in [0, 0.05) is 31.3 Å². The predicted octanol–water partition coefficient (Wildman–Crippen LogP) is 2.86. The van der Waals surface area contributed by atoms with E-state index in [0.717, 1.165) is 26.2 Å². The summed E-state index contributed by atoms with van der Waals surface area (Å²) in [4.78, 5) is 17.4. The van der Waals surface area contributed by atoms with Crippen LogP contribution in [0.2, 0.25) is 0 Å². The van der Waals surface area contributed by atoms with Gasteiger partial charge in [-0.1, -0.05) is 6.07 Å². The van der Waals surface area contributed by atoms with Gasteiger partial charge in [0.15, 0.2) is 0 Å². The van der Waals surface area contributed by atoms with Crippen molar-refractivity contribution in [3.05, 3.63) is 36.0 Å². The van der Waals surface area contributed by atoms with Crippen LogP contribution in [0.1, 0.15) is 18.4 Å². The lowest BCUT2D eigenvalue weighted by atomic mass is 9.97. The summed E-state index contributed by atoms with van der Waals surface area (Å²) in [7, 11) is 0. The Balaban J connectivity index is 1.52. The first kappa shape index (κ1) is 16.4. The van der Waals surface area contributed by atoms with E-state index in [1.54, 1.807) is 11.8 Å². The van der Waals surface area contributed by atoms with Gasteiger partial charge in [0.2, 0.25) is 5.91 Å². The van der Waals surface area contributed by atoms with E-state index in [1.807, 2.05) is 12.5 Å². The summed E-state index contributed by atoms with van der Waals surface area (Å²) >= 11 is 1.58. The molecule has 0 aliphatic carbocycles. The van der Waals surface area contributed by atoms with Crippen molar-refractivity contribution in [1.82, 2.24) is 15.2 Å². The second-order valence-electron chi connectivity index (χ2n) is 6.38. The zero-order valence-electron chi connectivity index (χ0n) is 13.7. The minimum absolute atomic E-state index is 0.160. The monoisotopic (exact) mass is 331 g/mol. The Morgan fingerprint density at radius 2 is 2.35 bits per heavy atom. The van der Waals surface area contributed by atoms with Crippen molar-refractivity contribution in [3.8, 4) is 0 Å². The van der Waals surface area contributed by atoms with E-state index in [9.17, 15) is 4.79 Å². The third-order valence-corrected chi connectivity index (χ3v) is 5.04. The molecule has 0 saturated carbocycles. The van der Waals surface area contributed by atoms with Crippen molar-refractivity contribution in [1.29, 1.82) is 0 Å². The molecule has 5 heteroatoms. The fraction of sp³-hybridized carbons (Fsp3) is 0.500. The second-order valence-corrected chi connectivity index (χ2v) is 7.25. The molecule has 1 aromatic heterocycles. The van der Waals surface area contributed by atoms with Crippen LogP contribution in [-0.4, -0.2) is 47.4 Å². The van der Waals surface area contributed by atoms with Gasteiger partial charge in [-0.25, -0.2) is 0 Å². The molecule has 3 rings (SSSR count). The predicted molar refractivity (Wildman–Crippen MR) is 97.7 cm³/mol. The first-order chi connectivity index (χ1) is 11.2. The zero-order chi connectivity index (χ0) is 16.1. The molecule has 1 amide bonds. The molecule has 1 aromatic carbocycles. The number of piperidine rings is 1. The zero-order valence-corrected chi connectivity index (χ0v) is 14.5. The summed E-state index contributed by atoms with van der Waals surface area (Å²) in [6, 6.07) is 8.77. The van der Waals surface area contributed by atoms with Crippen molar-refractivity contribution in [2.75, 3.05) is 31.6 Å². The summed E-state index contributed by atoms with van der Waals surface area (Å²) < 4.78 is 0. The minimum atomic E-state index is 0.160. The van der Waals surface area contributed by atoms with Crippen LogP contribution in [-0.2, 0) is 11.3 Å². The highest BCUT2D eigenvalue weighted by atomic mass is 32.2. The molecular weight excluding hydrogens is 306 g/mol. The Labute approximate surface area is 142 Å². The smallest absolute Gasteiger partial charge is 0.229 e. The molecule has 2 heterocycles. The SMILES string of the molecule is CSCC(=O)NC[C@@H]1CCCN(Cc2ccc3[nH]ccc3c2)C1. The maximum absolute atomic E-state index is 11.6. The number of benzene rings is 1. The lowest BCUT2D eigenvalue weighted by Gasteiger charge is -2.32. The minimum Gasteiger partial charge on any atom is -0.361 e. The summed E-state index contributed by atoms with van der Waals surface area (Å²) in [5.41, 5.74) is 2.56. The van der Waals surface area contributed by atoms with Crippen molar-refractivity contribution >= 4 is 28.6 Å². The summed E-state index contributed by atoms with van der Waals surface area (Å²) in [5, 5.41) is 4.35. The van der Waals surface area contributed by atoms with Crippen LogP contribution in [0.15, 0.2) is 30.5 Å². The number of fused-ring (bicyclic) bond motifs is 1. The van der Waals surface area contributed by atoms with E-state index in [1.165, 1.54) is 29.3 Å². The topological polar surface area (TPSA) is 48.1 Å². The summed E-state index contributed by atoms with van der Waals surface area (Å²) in [6.07, 6.45) is 6.38. The number of amides is 1. The highest BCUT2D eigenvalue weighted by molar-refractivity contribution is 7.99. The van der Waals surface area contributed by atoms with Gasteiger partial charge in [0.1, 0.15) is 0 Å². The number of rotatable bonds is 6. The molecule has 2 aromatic rings. The molecule has 4 nitrogen and oxygen atoms in total. The maximum Gasteiger partial charge on any atom is 0.229 e. The normalized spacial score (nSPS) is 19.1. The second kappa shape index (κ2) is 7.88. The molecule has 1 atom stereocenters. The van der Waals surface area contributed by atoms with E-state index in [0.29, 0.717) is 11.7 Å². The van der Waals surface area contributed by atoms with Gasteiger partial charge < -0.3 is 10.3 Å². The molecule has 124 valence electrons. The van der Waals surface area contributed by atoms with Gasteiger partial charge >= 0.3 is 0 Å². The van der Waals surface area contributed by atoms with Crippen molar-refractivity contribution in [3.63, 3.8) is 0 Å². The van der Waals surface area contributed by atoms with Gasteiger partial charge in [-0.3, -0.25) is 9.69 Å². The quantitative estimate of drug-likeness (QED) is 0.856. The largest absolute Gasteiger partial charge is 0.361 e. The van der Waals surface area contributed by atoms with E-state index >= 15 is 0 Å². The Kier molecular flexibility index (Phi) is 5.62. The number of carbonyl (C=O) groups is 1. The summed E-state index contributed by atoms with van der Waals surface area (Å²) in [5.74, 6) is 1.30. The molecular formula is C18H25N3OS. The first-order valence-corrected chi connectivity index (χ1v) is 9.68. The van der Waals surface area contributed by atoms with Crippen LogP contribution in [0.4, 0.5) is 0 Å². The highest BCUT2D eigenvalue weighted by Crippen LogP contribution is 2.20. The molecule has 2 N–H and O–H groups in total. The van der Waals surface area contributed by atoms with Crippen LogP contribution in [0, 0.1) is 5.92 Å². The maximum atomic E-state index is 11.6. The van der Waals surface area contributed by atoms with Crippen molar-refractivity contribution in [2.24, 2.45) is 5.92 Å². The number of nitrogens with zero attached hydrogens (tertiary/aromatic N) is 1. The lowest BCUT2D eigenvalue weighted by Crippen LogP contribution is -2.40. The van der Waals surface area contributed by atoms with E-state index in [-0.39, 0.29) is 5.91 Å². The fourth-order valence-electron chi connectivity index (χ4n) is 3.36. The number of H-pyrrole nitrogens is 1. The van der Waals surface area contributed by atoms with Gasteiger partial charge in [-0.2, -0.15) is 11.8 Å². The number of carbonyl (C=O) groups excluding carboxylic acids is 1. The van der Waals surface area contributed by atoms with Gasteiger partial charge in [0.25, 0.3) is 0 Å². The van der Waals surface area contributed by atoms with E-state index in [2.05, 4.69) is 39.5 Å². The molecule has 0 radical (unpaired) electrons. The first-order valence-electron chi connectivity index (χ1n) is 8.28. The number of likely N-dealkylation sites (tertiary alicyclic amines) is 1. The highest BCUT2D eigenvalue weighted by Gasteiger charge is 2.20. The van der Waals surface area contributed by atoms with Gasteiger partial charge in [-0.05, 0) is 60.7 Å². The number of aromatic amines is 1. The summed E-state index contributed by atoms with van der Waals surface area (Å²) in [6.45, 7) is 4.04. The number of hydrogen-bond acceptors (Lipinski definition) is 3. The Bertz CT molecular complexity index is 655. The molecule has 23 heavy (non-hydrogen) atoms. The Morgan fingerprint density at radius 1 is 1.43 bits per heavy atom. The lowest BCUT2D eigenvalue weighted by molar-refractivity contribution is -0.118. The average Bonchev–Trinajstić information content (AvgIpc) is 3.01. The number of thioether (sulfide) groups is 1. The number of aromatic nitrogens is 1. The van der Waals surface area contributed by atoms with Crippen LogP contribution in [0.3, 0.4) is 0 Å². The van der Waals surface area contributed by atoms with Crippen molar-refractivity contribution in [2.45, 2.75) is 19.4 Å². The van der Waals surface area contributed by atoms with Gasteiger partial charge in [-0.15, -0.1) is 0 Å². The third kappa shape index (κ3) is 4.52. The van der Waals surface area contributed by atoms with Crippen LogP contribution in [0.25, 0.3) is 10.9 Å². The third-order valence-electron chi connectivity index (χ3n) is 4.49. The van der Waals surface area contributed by atoms with Crippen molar-refractivity contribution < 1.29 is 4.79 Å². The van der Waals surface area contributed by atoms with Crippen LogP contribution < -0.4 is 5.32 Å². The molecule has 1 fully saturated rings. The Morgan fingerprint density at radius 3 is 3.22 bits per heavy atom. The standard InChI is InChI=1S/C18H25N3OS/c1-23-13-18(22)20-10-15-3-2-8-21(12-15)11-14-4-5-17-16(9-14)6-7-19-17/h4-7,9,15,19H,2-3,8,10-13H2,1H3,(H,20,22)/t15-/m0/s1. The van der Waals surface area contributed by atoms with Crippen LogP contribution in [0.5, 0.6) is 0 Å². The fourth-order valence-corrected chi connectivity index (χ4v) is 3.73. The molecule has 0 unspecified atom stereocenters. The Hall–Kier alpha value is -1.46. The number of nitrogens with one attached hydrogen (secondary N) is 2. The molecule has 1 aliphatic heterocycles. The molecule has 0 bridgehead atoms. The van der Waals surface area contributed by atoms with E-state index in [4.69, 9.17) is 0 Å². The van der Waals surface area contributed by atoms with Crippen LogP contribution >= 0.6 is 11.8 Å². The molecule has 0 spiro atoms.